The Labute approximate surface area is 190 Å². The molecule has 1 aliphatic heterocycles. The molecule has 0 saturated heterocycles. The van der Waals surface area contributed by atoms with E-state index in [0.717, 1.165) is 16.0 Å². The standard InChI is InChI=1S/C25H22N4O4/c1-16-8-7-11-18(14-16)26-25(33)29(15-21(30)31)23-24(32)27-20-13-6-5-12-19(20)22(28-23)17-9-3-2-4-10-17/h2-14,23H,15H2,1H3,(H,26,33)(H,27,32)(H,30,31). The highest BCUT2D eigenvalue weighted by Crippen LogP contribution is 2.25. The first-order chi connectivity index (χ1) is 15.9. The Hall–Kier alpha value is -4.46. The molecule has 4 rings (SSSR count). The molecule has 1 aliphatic rings. The zero-order chi connectivity index (χ0) is 23.4. The van der Waals surface area contributed by atoms with Gasteiger partial charge in [0.1, 0.15) is 6.54 Å². The topological polar surface area (TPSA) is 111 Å². The number of aryl methyl sites for hydroxylation is 1. The lowest BCUT2D eigenvalue weighted by molar-refractivity contribution is -0.138. The molecule has 8 heteroatoms. The summed E-state index contributed by atoms with van der Waals surface area (Å²) >= 11 is 0. The van der Waals surface area contributed by atoms with Crippen molar-refractivity contribution in [1.82, 2.24) is 4.90 Å². The maximum atomic E-state index is 13.2. The van der Waals surface area contributed by atoms with Gasteiger partial charge in [0, 0.05) is 16.8 Å². The monoisotopic (exact) mass is 442 g/mol. The Kier molecular flexibility index (Phi) is 6.17. The van der Waals surface area contributed by atoms with E-state index in [0.29, 0.717) is 22.6 Å². The smallest absolute Gasteiger partial charge is 0.324 e. The minimum atomic E-state index is -1.39. The Bertz CT molecular complexity index is 1240. The van der Waals surface area contributed by atoms with Gasteiger partial charge in [-0.3, -0.25) is 14.5 Å². The normalized spacial score (nSPS) is 14.9. The summed E-state index contributed by atoms with van der Waals surface area (Å²) in [5, 5.41) is 14.9. The number of fused-ring (bicyclic) bond motifs is 1. The summed E-state index contributed by atoms with van der Waals surface area (Å²) in [5.41, 5.74) is 3.83. The lowest BCUT2D eigenvalue weighted by Gasteiger charge is -2.26. The summed E-state index contributed by atoms with van der Waals surface area (Å²) in [6.45, 7) is 1.16. The lowest BCUT2D eigenvalue weighted by Crippen LogP contribution is -2.50. The van der Waals surface area contributed by atoms with Crippen LogP contribution in [0.2, 0.25) is 0 Å². The molecule has 166 valence electrons. The van der Waals surface area contributed by atoms with Crippen molar-refractivity contribution < 1.29 is 19.5 Å². The number of rotatable bonds is 5. The van der Waals surface area contributed by atoms with Crippen LogP contribution in [0, 0.1) is 6.92 Å². The number of para-hydroxylation sites is 1. The number of nitrogens with zero attached hydrogens (tertiary/aromatic N) is 2. The molecule has 0 fully saturated rings. The highest BCUT2D eigenvalue weighted by atomic mass is 16.4. The van der Waals surface area contributed by atoms with E-state index >= 15 is 0 Å². The quantitative estimate of drug-likeness (QED) is 0.559. The van der Waals surface area contributed by atoms with Crippen LogP contribution in [0.3, 0.4) is 0 Å². The number of carboxylic acids is 1. The van der Waals surface area contributed by atoms with Crippen LogP contribution in [0.25, 0.3) is 0 Å². The maximum Gasteiger partial charge on any atom is 0.324 e. The molecule has 0 radical (unpaired) electrons. The van der Waals surface area contributed by atoms with Crippen molar-refractivity contribution >= 4 is 35.0 Å². The van der Waals surface area contributed by atoms with E-state index in [1.165, 1.54) is 0 Å². The average molecular weight is 442 g/mol. The van der Waals surface area contributed by atoms with Gasteiger partial charge in [0.15, 0.2) is 0 Å². The summed E-state index contributed by atoms with van der Waals surface area (Å²) in [6, 6.07) is 22.7. The van der Waals surface area contributed by atoms with Gasteiger partial charge in [-0.2, -0.15) is 0 Å². The number of amides is 3. The van der Waals surface area contributed by atoms with Crippen LogP contribution in [0.5, 0.6) is 0 Å². The highest BCUT2D eigenvalue weighted by molar-refractivity contribution is 6.20. The molecule has 0 saturated carbocycles. The van der Waals surface area contributed by atoms with E-state index in [4.69, 9.17) is 0 Å². The molecule has 0 aromatic heterocycles. The van der Waals surface area contributed by atoms with Crippen LogP contribution in [0.15, 0.2) is 83.9 Å². The third-order valence-electron chi connectivity index (χ3n) is 5.10. The van der Waals surface area contributed by atoms with Gasteiger partial charge in [0.2, 0.25) is 6.17 Å². The number of urea groups is 1. The minimum absolute atomic E-state index is 0.480. The van der Waals surface area contributed by atoms with Gasteiger partial charge in [0.25, 0.3) is 5.91 Å². The second-order valence-corrected chi connectivity index (χ2v) is 7.57. The zero-order valence-corrected chi connectivity index (χ0v) is 17.9. The van der Waals surface area contributed by atoms with Crippen molar-refractivity contribution in [3.05, 3.63) is 95.6 Å². The number of hydrogen-bond acceptors (Lipinski definition) is 4. The van der Waals surface area contributed by atoms with Gasteiger partial charge >= 0.3 is 12.0 Å². The first kappa shape index (κ1) is 21.8. The Morgan fingerprint density at radius 2 is 1.76 bits per heavy atom. The van der Waals surface area contributed by atoms with Crippen LogP contribution in [-0.4, -0.2) is 46.3 Å². The van der Waals surface area contributed by atoms with Crippen LogP contribution >= 0.6 is 0 Å². The average Bonchev–Trinajstić information content (AvgIpc) is 2.94. The molecule has 8 nitrogen and oxygen atoms in total. The molecule has 1 atom stereocenters. The van der Waals surface area contributed by atoms with Gasteiger partial charge in [-0.05, 0) is 30.7 Å². The number of benzene rings is 3. The second-order valence-electron chi connectivity index (χ2n) is 7.57. The Morgan fingerprint density at radius 3 is 2.48 bits per heavy atom. The fourth-order valence-electron chi connectivity index (χ4n) is 3.62. The van der Waals surface area contributed by atoms with Gasteiger partial charge in [0.05, 0.1) is 11.4 Å². The Morgan fingerprint density at radius 1 is 1.03 bits per heavy atom. The van der Waals surface area contributed by atoms with E-state index in [1.807, 2.05) is 55.5 Å². The molecule has 0 spiro atoms. The number of anilines is 2. The largest absolute Gasteiger partial charge is 0.480 e. The molecule has 3 N–H and O–H groups in total. The van der Waals surface area contributed by atoms with Crippen molar-refractivity contribution in [3.8, 4) is 0 Å². The van der Waals surface area contributed by atoms with E-state index in [-0.39, 0.29) is 0 Å². The molecule has 33 heavy (non-hydrogen) atoms. The molecule has 1 heterocycles. The maximum absolute atomic E-state index is 13.2. The van der Waals surface area contributed by atoms with E-state index < -0.39 is 30.6 Å². The van der Waals surface area contributed by atoms with Crippen LogP contribution in [0.1, 0.15) is 16.7 Å². The van der Waals surface area contributed by atoms with Crippen LogP contribution in [-0.2, 0) is 9.59 Å². The first-order valence-electron chi connectivity index (χ1n) is 10.3. The van der Waals surface area contributed by atoms with Crippen molar-refractivity contribution in [3.63, 3.8) is 0 Å². The third kappa shape index (κ3) is 4.90. The van der Waals surface area contributed by atoms with Crippen molar-refractivity contribution in [2.24, 2.45) is 4.99 Å². The van der Waals surface area contributed by atoms with E-state index in [2.05, 4.69) is 15.6 Å². The summed E-state index contributed by atoms with van der Waals surface area (Å²) in [6.07, 6.45) is -1.39. The Balaban J connectivity index is 1.78. The highest BCUT2D eigenvalue weighted by Gasteiger charge is 2.34. The van der Waals surface area contributed by atoms with Crippen LogP contribution in [0.4, 0.5) is 16.2 Å². The predicted molar refractivity (Wildman–Crippen MR) is 125 cm³/mol. The van der Waals surface area contributed by atoms with Gasteiger partial charge in [-0.25, -0.2) is 9.79 Å². The summed E-state index contributed by atoms with van der Waals surface area (Å²) in [7, 11) is 0. The zero-order valence-electron chi connectivity index (χ0n) is 17.9. The molecular formula is C25H22N4O4. The molecule has 3 aromatic carbocycles. The fraction of sp³-hybridized carbons (Fsp3) is 0.120. The van der Waals surface area contributed by atoms with Gasteiger partial charge < -0.3 is 15.7 Å². The molecule has 0 bridgehead atoms. The second kappa shape index (κ2) is 9.35. The van der Waals surface area contributed by atoms with Crippen molar-refractivity contribution in [2.45, 2.75) is 13.1 Å². The molecule has 1 unspecified atom stereocenters. The summed E-state index contributed by atoms with van der Waals surface area (Å²) < 4.78 is 0. The number of aliphatic carboxylic acids is 1. The number of benzodiazepines with no additional fused rings is 1. The van der Waals surface area contributed by atoms with Crippen molar-refractivity contribution in [1.29, 1.82) is 0 Å². The molecule has 3 aromatic rings. The number of nitrogens with one attached hydrogen (secondary N) is 2. The predicted octanol–water partition coefficient (Wildman–Crippen LogP) is 3.73. The number of hydrogen-bond donors (Lipinski definition) is 3. The first-order valence-corrected chi connectivity index (χ1v) is 10.3. The molecule has 0 aliphatic carbocycles. The molecule has 3 amide bonds. The van der Waals surface area contributed by atoms with Gasteiger partial charge in [-0.1, -0.05) is 60.7 Å². The van der Waals surface area contributed by atoms with Gasteiger partial charge in [-0.15, -0.1) is 0 Å². The minimum Gasteiger partial charge on any atom is -0.480 e. The third-order valence-corrected chi connectivity index (χ3v) is 5.10. The number of carbonyl (C=O) groups excluding carboxylic acids is 2. The number of carboxylic acid groups (broad SMARTS) is 1. The number of carbonyl (C=O) groups is 3. The van der Waals surface area contributed by atoms with Crippen LogP contribution < -0.4 is 10.6 Å². The summed E-state index contributed by atoms with van der Waals surface area (Å²) in [5.74, 6) is -1.87. The SMILES string of the molecule is Cc1cccc(NC(=O)N(CC(=O)O)C2N=C(c3ccccc3)c3ccccc3NC2=O)c1. The number of aliphatic imine (C=N–C) groups is 1. The summed E-state index contributed by atoms with van der Waals surface area (Å²) in [4.78, 5) is 43.4. The fourth-order valence-corrected chi connectivity index (χ4v) is 3.62. The lowest BCUT2D eigenvalue weighted by atomic mass is 10.0. The van der Waals surface area contributed by atoms with E-state index in [1.54, 1.807) is 30.3 Å². The van der Waals surface area contributed by atoms with Crippen molar-refractivity contribution in [2.75, 3.05) is 17.2 Å². The van der Waals surface area contributed by atoms with E-state index in [9.17, 15) is 19.5 Å². The molecular weight excluding hydrogens is 420 g/mol.